The monoisotopic (exact) mass is 274 g/mol. The van der Waals surface area contributed by atoms with Crippen LogP contribution < -0.4 is 5.32 Å². The maximum atomic E-state index is 12.1. The number of likely N-dealkylation sites (tertiary alicyclic amines) is 1. The fraction of sp³-hybridized carbons (Fsp3) is 0.588. The van der Waals surface area contributed by atoms with Gasteiger partial charge in [0.15, 0.2) is 0 Å². The zero-order valence-corrected chi connectivity index (χ0v) is 12.9. The molecule has 0 unspecified atom stereocenters. The lowest BCUT2D eigenvalue weighted by atomic mass is 9.92. The van der Waals surface area contributed by atoms with Crippen molar-refractivity contribution >= 4 is 11.6 Å². The molecule has 2 rings (SSSR count). The standard InChI is InChI=1S/C17H26N2O/c1-13-5-4-6-16(14(13)2)18-17(20)8-7-15-9-11-19(3)12-10-15/h4-6,15H,7-12H2,1-3H3,(H,18,20). The first-order valence-electron chi connectivity index (χ1n) is 7.61. The van der Waals surface area contributed by atoms with Crippen LogP contribution in [0.3, 0.4) is 0 Å². The molecule has 0 aliphatic carbocycles. The molecular formula is C17H26N2O. The minimum absolute atomic E-state index is 0.151. The van der Waals surface area contributed by atoms with Gasteiger partial charge in [0.2, 0.25) is 5.91 Å². The van der Waals surface area contributed by atoms with Crippen molar-refractivity contribution in [3.8, 4) is 0 Å². The molecule has 1 aliphatic rings. The molecule has 3 nitrogen and oxygen atoms in total. The van der Waals surface area contributed by atoms with Crippen molar-refractivity contribution in [1.82, 2.24) is 4.90 Å². The molecule has 1 aromatic rings. The molecule has 20 heavy (non-hydrogen) atoms. The number of nitrogens with zero attached hydrogens (tertiary/aromatic N) is 1. The third-order valence-corrected chi connectivity index (χ3v) is 4.50. The molecule has 0 radical (unpaired) electrons. The Kier molecular flexibility index (Phi) is 5.18. The number of carbonyl (C=O) groups is 1. The van der Waals surface area contributed by atoms with Crippen LogP contribution in [0.25, 0.3) is 0 Å². The Labute approximate surface area is 122 Å². The third-order valence-electron chi connectivity index (χ3n) is 4.50. The SMILES string of the molecule is Cc1cccc(NC(=O)CCC2CCN(C)CC2)c1C. The second-order valence-corrected chi connectivity index (χ2v) is 6.08. The van der Waals surface area contributed by atoms with Crippen molar-refractivity contribution in [3.63, 3.8) is 0 Å². The van der Waals surface area contributed by atoms with E-state index in [0.29, 0.717) is 6.42 Å². The van der Waals surface area contributed by atoms with Gasteiger partial charge in [-0.1, -0.05) is 12.1 Å². The predicted octanol–water partition coefficient (Wildman–Crippen LogP) is 3.36. The van der Waals surface area contributed by atoms with Gasteiger partial charge in [0.1, 0.15) is 0 Å². The maximum Gasteiger partial charge on any atom is 0.224 e. The van der Waals surface area contributed by atoms with Crippen LogP contribution in [0.1, 0.15) is 36.8 Å². The van der Waals surface area contributed by atoms with E-state index in [1.807, 2.05) is 12.1 Å². The van der Waals surface area contributed by atoms with Gasteiger partial charge in [0.05, 0.1) is 0 Å². The van der Waals surface area contributed by atoms with Gasteiger partial charge in [-0.05, 0) is 76.4 Å². The molecule has 1 amide bonds. The number of anilines is 1. The summed E-state index contributed by atoms with van der Waals surface area (Å²) in [4.78, 5) is 14.4. The summed E-state index contributed by atoms with van der Waals surface area (Å²) in [7, 11) is 2.17. The highest BCUT2D eigenvalue weighted by Crippen LogP contribution is 2.22. The van der Waals surface area contributed by atoms with E-state index in [9.17, 15) is 4.79 Å². The lowest BCUT2D eigenvalue weighted by Gasteiger charge is -2.28. The van der Waals surface area contributed by atoms with Gasteiger partial charge in [-0.25, -0.2) is 0 Å². The van der Waals surface area contributed by atoms with Gasteiger partial charge >= 0.3 is 0 Å². The average molecular weight is 274 g/mol. The highest BCUT2D eigenvalue weighted by molar-refractivity contribution is 5.91. The van der Waals surface area contributed by atoms with Crippen LogP contribution in [0, 0.1) is 19.8 Å². The molecule has 0 saturated carbocycles. The summed E-state index contributed by atoms with van der Waals surface area (Å²) >= 11 is 0. The highest BCUT2D eigenvalue weighted by Gasteiger charge is 2.17. The van der Waals surface area contributed by atoms with E-state index in [0.717, 1.165) is 18.0 Å². The Morgan fingerprint density at radius 1 is 1.30 bits per heavy atom. The van der Waals surface area contributed by atoms with Crippen molar-refractivity contribution in [2.45, 2.75) is 39.5 Å². The van der Waals surface area contributed by atoms with Gasteiger partial charge in [-0.3, -0.25) is 4.79 Å². The summed E-state index contributed by atoms with van der Waals surface area (Å²) in [5.41, 5.74) is 3.34. The van der Waals surface area contributed by atoms with Crippen LogP contribution in [0.4, 0.5) is 5.69 Å². The van der Waals surface area contributed by atoms with Gasteiger partial charge in [0, 0.05) is 12.1 Å². The number of rotatable bonds is 4. The molecule has 110 valence electrons. The molecule has 0 aromatic heterocycles. The minimum Gasteiger partial charge on any atom is -0.326 e. The summed E-state index contributed by atoms with van der Waals surface area (Å²) in [5, 5.41) is 3.05. The Morgan fingerprint density at radius 3 is 2.70 bits per heavy atom. The van der Waals surface area contributed by atoms with Gasteiger partial charge in [-0.2, -0.15) is 0 Å². The highest BCUT2D eigenvalue weighted by atomic mass is 16.1. The topological polar surface area (TPSA) is 32.3 Å². The molecule has 1 aliphatic heterocycles. The Bertz CT molecular complexity index is 462. The Balaban J connectivity index is 1.79. The van der Waals surface area contributed by atoms with E-state index in [1.54, 1.807) is 0 Å². The van der Waals surface area contributed by atoms with Crippen molar-refractivity contribution in [2.75, 3.05) is 25.5 Å². The van der Waals surface area contributed by atoms with E-state index in [4.69, 9.17) is 0 Å². The van der Waals surface area contributed by atoms with Gasteiger partial charge in [0.25, 0.3) is 0 Å². The molecule has 3 heteroatoms. The van der Waals surface area contributed by atoms with Crippen LogP contribution >= 0.6 is 0 Å². The molecule has 1 aromatic carbocycles. The van der Waals surface area contributed by atoms with Crippen LogP contribution in [-0.4, -0.2) is 30.9 Å². The summed E-state index contributed by atoms with van der Waals surface area (Å²) in [6.07, 6.45) is 4.12. The Hall–Kier alpha value is -1.35. The van der Waals surface area contributed by atoms with Crippen molar-refractivity contribution in [2.24, 2.45) is 5.92 Å². The molecule has 1 N–H and O–H groups in total. The second kappa shape index (κ2) is 6.89. The summed E-state index contributed by atoms with van der Waals surface area (Å²) in [6.45, 7) is 6.47. The first-order valence-corrected chi connectivity index (χ1v) is 7.61. The first kappa shape index (κ1) is 15.0. The molecule has 0 bridgehead atoms. The fourth-order valence-corrected chi connectivity index (χ4v) is 2.79. The number of benzene rings is 1. The molecular weight excluding hydrogens is 248 g/mol. The zero-order chi connectivity index (χ0) is 14.5. The number of piperidine rings is 1. The number of hydrogen-bond acceptors (Lipinski definition) is 2. The van der Waals surface area contributed by atoms with Gasteiger partial charge in [-0.15, -0.1) is 0 Å². The maximum absolute atomic E-state index is 12.1. The number of aryl methyl sites for hydroxylation is 1. The normalized spacial score (nSPS) is 17.1. The number of hydrogen-bond donors (Lipinski definition) is 1. The van der Waals surface area contributed by atoms with Gasteiger partial charge < -0.3 is 10.2 Å². The van der Waals surface area contributed by atoms with E-state index >= 15 is 0 Å². The minimum atomic E-state index is 0.151. The number of carbonyl (C=O) groups excluding carboxylic acids is 1. The molecule has 1 saturated heterocycles. The molecule has 0 spiro atoms. The predicted molar refractivity (Wildman–Crippen MR) is 84.0 cm³/mol. The second-order valence-electron chi connectivity index (χ2n) is 6.08. The van der Waals surface area contributed by atoms with Crippen LogP contribution in [0.2, 0.25) is 0 Å². The average Bonchev–Trinajstić information content (AvgIpc) is 2.43. The summed E-state index contributed by atoms with van der Waals surface area (Å²) in [5.74, 6) is 0.869. The largest absolute Gasteiger partial charge is 0.326 e. The first-order chi connectivity index (χ1) is 9.56. The number of nitrogens with one attached hydrogen (secondary N) is 1. The van der Waals surface area contributed by atoms with Crippen molar-refractivity contribution < 1.29 is 4.79 Å². The summed E-state index contributed by atoms with van der Waals surface area (Å²) < 4.78 is 0. The van der Waals surface area contributed by atoms with Crippen molar-refractivity contribution in [3.05, 3.63) is 29.3 Å². The lowest BCUT2D eigenvalue weighted by Crippen LogP contribution is -2.30. The van der Waals surface area contributed by atoms with Crippen LogP contribution in [-0.2, 0) is 4.79 Å². The Morgan fingerprint density at radius 2 is 2.00 bits per heavy atom. The van der Waals surface area contributed by atoms with E-state index in [-0.39, 0.29) is 5.91 Å². The molecule has 1 heterocycles. The van der Waals surface area contributed by atoms with E-state index in [2.05, 4.69) is 37.2 Å². The fourth-order valence-electron chi connectivity index (χ4n) is 2.79. The number of amides is 1. The third kappa shape index (κ3) is 4.07. The zero-order valence-electron chi connectivity index (χ0n) is 12.9. The summed E-state index contributed by atoms with van der Waals surface area (Å²) in [6, 6.07) is 6.05. The molecule has 1 fully saturated rings. The lowest BCUT2D eigenvalue weighted by molar-refractivity contribution is -0.116. The van der Waals surface area contributed by atoms with E-state index < -0.39 is 0 Å². The van der Waals surface area contributed by atoms with Crippen LogP contribution in [0.5, 0.6) is 0 Å². The van der Waals surface area contributed by atoms with Crippen molar-refractivity contribution in [1.29, 1.82) is 0 Å². The quantitative estimate of drug-likeness (QED) is 0.913. The van der Waals surface area contributed by atoms with Crippen LogP contribution in [0.15, 0.2) is 18.2 Å². The van der Waals surface area contributed by atoms with E-state index in [1.165, 1.54) is 37.1 Å². The molecule has 0 atom stereocenters. The smallest absolute Gasteiger partial charge is 0.224 e.